The molecule has 0 unspecified atom stereocenters. The van der Waals surface area contributed by atoms with Gasteiger partial charge in [-0.15, -0.1) is 0 Å². The predicted octanol–water partition coefficient (Wildman–Crippen LogP) is 2.00. The van der Waals surface area contributed by atoms with Crippen LogP contribution in [0.4, 0.5) is 0 Å². The van der Waals surface area contributed by atoms with Gasteiger partial charge in [-0.05, 0) is 39.5 Å². The number of hydrogen-bond acceptors (Lipinski definition) is 3. The van der Waals surface area contributed by atoms with Crippen LogP contribution in [0.5, 0.6) is 0 Å². The quantitative estimate of drug-likeness (QED) is 0.829. The molecule has 1 aliphatic rings. The molecule has 0 spiro atoms. The first-order valence-electron chi connectivity index (χ1n) is 7.72. The molecule has 1 fully saturated rings. The van der Waals surface area contributed by atoms with Crippen LogP contribution >= 0.6 is 0 Å². The van der Waals surface area contributed by atoms with Crippen molar-refractivity contribution < 1.29 is 4.79 Å². The van der Waals surface area contributed by atoms with Gasteiger partial charge in [0.05, 0.1) is 5.54 Å². The van der Waals surface area contributed by atoms with E-state index in [1.807, 2.05) is 13.8 Å². The van der Waals surface area contributed by atoms with Crippen molar-refractivity contribution in [3.8, 4) is 0 Å². The minimum atomic E-state index is -0.447. The Morgan fingerprint density at radius 3 is 2.00 bits per heavy atom. The first kappa shape index (κ1) is 17.4. The van der Waals surface area contributed by atoms with Crippen LogP contribution in [-0.4, -0.2) is 48.1 Å². The lowest BCUT2D eigenvalue weighted by molar-refractivity contribution is -0.134. The van der Waals surface area contributed by atoms with E-state index in [4.69, 9.17) is 0 Å². The van der Waals surface area contributed by atoms with Gasteiger partial charge in [0.2, 0.25) is 5.91 Å². The number of piperazine rings is 1. The maximum absolute atomic E-state index is 12.7. The van der Waals surface area contributed by atoms with Crippen molar-refractivity contribution >= 4 is 5.91 Å². The van der Waals surface area contributed by atoms with Gasteiger partial charge < -0.3 is 10.6 Å². The number of amides is 1. The molecule has 118 valence electrons. The van der Waals surface area contributed by atoms with Gasteiger partial charge in [0.25, 0.3) is 0 Å². The number of carbonyl (C=O) groups is 1. The van der Waals surface area contributed by atoms with Crippen LogP contribution in [0.1, 0.15) is 54.9 Å². The number of nitrogens with one attached hydrogen (secondary N) is 2. The van der Waals surface area contributed by atoms with Crippen molar-refractivity contribution in [3.05, 3.63) is 0 Å². The molecule has 1 heterocycles. The van der Waals surface area contributed by atoms with Crippen LogP contribution < -0.4 is 10.6 Å². The Morgan fingerprint density at radius 1 is 1.05 bits per heavy atom. The summed E-state index contributed by atoms with van der Waals surface area (Å²) < 4.78 is 0. The molecule has 0 bridgehead atoms. The van der Waals surface area contributed by atoms with E-state index in [0.29, 0.717) is 0 Å². The van der Waals surface area contributed by atoms with Crippen molar-refractivity contribution in [1.29, 1.82) is 0 Å². The van der Waals surface area contributed by atoms with Crippen LogP contribution in [-0.2, 0) is 4.79 Å². The average molecular weight is 283 g/mol. The van der Waals surface area contributed by atoms with Crippen LogP contribution in [0.25, 0.3) is 0 Å². The molecule has 1 rings (SSSR count). The highest BCUT2D eigenvalue weighted by molar-refractivity contribution is 5.86. The smallest absolute Gasteiger partial charge is 0.240 e. The third-order valence-corrected chi connectivity index (χ3v) is 3.89. The second kappa shape index (κ2) is 6.02. The van der Waals surface area contributed by atoms with E-state index in [-0.39, 0.29) is 16.9 Å². The Balaban J connectivity index is 2.68. The van der Waals surface area contributed by atoms with Crippen molar-refractivity contribution in [2.75, 3.05) is 26.2 Å². The van der Waals surface area contributed by atoms with E-state index < -0.39 is 5.54 Å². The summed E-state index contributed by atoms with van der Waals surface area (Å²) in [4.78, 5) is 15.0. The molecular weight excluding hydrogens is 250 g/mol. The van der Waals surface area contributed by atoms with Gasteiger partial charge in [-0.2, -0.15) is 0 Å². The summed E-state index contributed by atoms with van der Waals surface area (Å²) >= 11 is 0. The summed E-state index contributed by atoms with van der Waals surface area (Å²) in [6, 6.07) is 0. The molecule has 1 saturated heterocycles. The van der Waals surface area contributed by atoms with Gasteiger partial charge in [0.15, 0.2) is 0 Å². The van der Waals surface area contributed by atoms with Crippen molar-refractivity contribution in [2.24, 2.45) is 5.41 Å². The number of carbonyl (C=O) groups excluding carboxylic acids is 1. The summed E-state index contributed by atoms with van der Waals surface area (Å²) in [5.41, 5.74) is -0.423. The first-order chi connectivity index (χ1) is 8.94. The highest BCUT2D eigenvalue weighted by Gasteiger charge is 2.38. The van der Waals surface area contributed by atoms with E-state index in [1.165, 1.54) is 0 Å². The minimum absolute atomic E-state index is 0.133. The number of hydrogen-bond donors (Lipinski definition) is 2. The Labute approximate surface area is 124 Å². The summed E-state index contributed by atoms with van der Waals surface area (Å²) in [6.07, 6.45) is 0.962. The van der Waals surface area contributed by atoms with Crippen molar-refractivity contribution in [2.45, 2.75) is 66.0 Å². The predicted molar refractivity (Wildman–Crippen MR) is 84.8 cm³/mol. The second-order valence-corrected chi connectivity index (χ2v) is 8.37. The molecule has 0 saturated carbocycles. The largest absolute Gasteiger partial charge is 0.350 e. The lowest BCUT2D eigenvalue weighted by atomic mass is 9.81. The fraction of sp³-hybridized carbons (Fsp3) is 0.938. The summed E-state index contributed by atoms with van der Waals surface area (Å²) in [5.74, 6) is 0.133. The molecule has 0 aromatic carbocycles. The van der Waals surface area contributed by atoms with Crippen molar-refractivity contribution in [3.63, 3.8) is 0 Å². The molecular formula is C16H33N3O. The number of rotatable bonds is 4. The van der Waals surface area contributed by atoms with E-state index in [0.717, 1.165) is 32.6 Å². The third-order valence-electron chi connectivity index (χ3n) is 3.89. The van der Waals surface area contributed by atoms with Gasteiger partial charge in [0.1, 0.15) is 0 Å². The molecule has 4 nitrogen and oxygen atoms in total. The molecule has 0 aromatic heterocycles. The number of nitrogens with zero attached hydrogens (tertiary/aromatic N) is 1. The topological polar surface area (TPSA) is 44.4 Å². The van der Waals surface area contributed by atoms with Gasteiger partial charge in [-0.3, -0.25) is 9.69 Å². The summed E-state index contributed by atoms with van der Waals surface area (Å²) in [5, 5.41) is 6.58. The molecule has 0 radical (unpaired) electrons. The van der Waals surface area contributed by atoms with Crippen LogP contribution in [0.15, 0.2) is 0 Å². The Bertz CT molecular complexity index is 336. The van der Waals surface area contributed by atoms with Gasteiger partial charge in [-0.1, -0.05) is 20.8 Å². The second-order valence-electron chi connectivity index (χ2n) is 8.37. The van der Waals surface area contributed by atoms with Crippen LogP contribution in [0, 0.1) is 5.41 Å². The lowest BCUT2D eigenvalue weighted by Gasteiger charge is -2.42. The van der Waals surface area contributed by atoms with E-state index in [9.17, 15) is 4.79 Å². The van der Waals surface area contributed by atoms with Gasteiger partial charge in [-0.25, -0.2) is 0 Å². The monoisotopic (exact) mass is 283 g/mol. The fourth-order valence-electron chi connectivity index (χ4n) is 3.20. The van der Waals surface area contributed by atoms with E-state index >= 15 is 0 Å². The van der Waals surface area contributed by atoms with Crippen molar-refractivity contribution in [1.82, 2.24) is 15.5 Å². The SMILES string of the molecule is CC(C)(C)CC(C)(C)NC(=O)C(C)(C)N1CCNCC1. The summed E-state index contributed by atoms with van der Waals surface area (Å²) in [7, 11) is 0. The standard InChI is InChI=1S/C16H33N3O/c1-14(2,3)12-15(4,5)18-13(20)16(6,7)19-10-8-17-9-11-19/h17H,8-12H2,1-7H3,(H,18,20). The highest BCUT2D eigenvalue weighted by Crippen LogP contribution is 2.27. The molecule has 1 aliphatic heterocycles. The Morgan fingerprint density at radius 2 is 1.55 bits per heavy atom. The van der Waals surface area contributed by atoms with E-state index in [2.05, 4.69) is 50.2 Å². The first-order valence-corrected chi connectivity index (χ1v) is 7.72. The molecule has 0 aliphatic carbocycles. The maximum Gasteiger partial charge on any atom is 0.240 e. The third kappa shape index (κ3) is 5.06. The lowest BCUT2D eigenvalue weighted by Crippen LogP contribution is -2.62. The zero-order chi connectivity index (χ0) is 15.6. The fourth-order valence-corrected chi connectivity index (χ4v) is 3.20. The molecule has 4 heteroatoms. The minimum Gasteiger partial charge on any atom is -0.350 e. The van der Waals surface area contributed by atoms with Gasteiger partial charge in [0, 0.05) is 31.7 Å². The molecule has 0 atom stereocenters. The average Bonchev–Trinajstić information content (AvgIpc) is 2.26. The Kier molecular flexibility index (Phi) is 5.25. The molecule has 1 amide bonds. The Hall–Kier alpha value is -0.610. The zero-order valence-corrected chi connectivity index (χ0v) is 14.4. The van der Waals surface area contributed by atoms with Crippen LogP contribution in [0.2, 0.25) is 0 Å². The maximum atomic E-state index is 12.7. The molecule has 0 aromatic rings. The van der Waals surface area contributed by atoms with E-state index in [1.54, 1.807) is 0 Å². The highest BCUT2D eigenvalue weighted by atomic mass is 16.2. The summed E-state index contributed by atoms with van der Waals surface area (Å²) in [6.45, 7) is 18.7. The van der Waals surface area contributed by atoms with Gasteiger partial charge >= 0.3 is 0 Å². The molecule has 20 heavy (non-hydrogen) atoms. The molecule has 2 N–H and O–H groups in total. The zero-order valence-electron chi connectivity index (χ0n) is 14.4. The van der Waals surface area contributed by atoms with Crippen LogP contribution in [0.3, 0.4) is 0 Å². The normalized spacial score (nSPS) is 18.9.